The molecule has 0 fully saturated rings. The number of para-hydroxylation sites is 2. The SMILES string of the molecule is COc1ccccc1Nc1nnc(SCCCO)s1. The Balaban J connectivity index is 1.99. The van der Waals surface area contributed by atoms with Crippen LogP contribution in [0.4, 0.5) is 10.8 Å². The Morgan fingerprint density at radius 1 is 1.37 bits per heavy atom. The van der Waals surface area contributed by atoms with Gasteiger partial charge in [0.25, 0.3) is 0 Å². The summed E-state index contributed by atoms with van der Waals surface area (Å²) < 4.78 is 6.16. The lowest BCUT2D eigenvalue weighted by molar-refractivity contribution is 0.296. The summed E-state index contributed by atoms with van der Waals surface area (Å²) in [5, 5.41) is 20.8. The zero-order valence-corrected chi connectivity index (χ0v) is 12.1. The Bertz CT molecular complexity index is 519. The molecule has 102 valence electrons. The van der Waals surface area contributed by atoms with Gasteiger partial charge in [-0.25, -0.2) is 0 Å². The number of nitrogens with one attached hydrogen (secondary N) is 1. The fourth-order valence-electron chi connectivity index (χ4n) is 1.41. The lowest BCUT2D eigenvalue weighted by atomic mass is 10.3. The normalized spacial score (nSPS) is 10.4. The minimum absolute atomic E-state index is 0.206. The summed E-state index contributed by atoms with van der Waals surface area (Å²) >= 11 is 3.09. The average Bonchev–Trinajstić information content (AvgIpc) is 2.87. The number of aromatic nitrogens is 2. The molecule has 0 bridgehead atoms. The number of hydrogen-bond donors (Lipinski definition) is 2. The first-order valence-corrected chi connectivity index (χ1v) is 7.61. The highest BCUT2D eigenvalue weighted by Crippen LogP contribution is 2.31. The molecule has 7 heteroatoms. The molecule has 0 spiro atoms. The fourth-order valence-corrected chi connectivity index (χ4v) is 3.16. The van der Waals surface area contributed by atoms with Crippen LogP contribution in [0.3, 0.4) is 0 Å². The first-order valence-electron chi connectivity index (χ1n) is 5.80. The van der Waals surface area contributed by atoms with E-state index in [-0.39, 0.29) is 6.61 Å². The van der Waals surface area contributed by atoms with Gasteiger partial charge in [-0.15, -0.1) is 10.2 Å². The van der Waals surface area contributed by atoms with Crippen LogP contribution in [-0.2, 0) is 0 Å². The van der Waals surface area contributed by atoms with Crippen molar-refractivity contribution in [3.05, 3.63) is 24.3 Å². The molecular weight excluding hydrogens is 282 g/mol. The Morgan fingerprint density at radius 2 is 2.21 bits per heavy atom. The molecule has 19 heavy (non-hydrogen) atoms. The highest BCUT2D eigenvalue weighted by Gasteiger charge is 2.07. The predicted octanol–water partition coefficient (Wildman–Crippen LogP) is 2.76. The van der Waals surface area contributed by atoms with E-state index in [1.165, 1.54) is 11.3 Å². The minimum Gasteiger partial charge on any atom is -0.495 e. The molecular formula is C12H15N3O2S2. The molecule has 1 aromatic carbocycles. The lowest BCUT2D eigenvalue weighted by Crippen LogP contribution is -1.93. The molecule has 0 aliphatic rings. The first kappa shape index (κ1) is 14.1. The Morgan fingerprint density at radius 3 is 3.00 bits per heavy atom. The molecule has 0 saturated heterocycles. The number of nitrogens with zero attached hydrogens (tertiary/aromatic N) is 2. The van der Waals surface area contributed by atoms with Gasteiger partial charge in [-0.05, 0) is 18.6 Å². The van der Waals surface area contributed by atoms with Gasteiger partial charge in [0.2, 0.25) is 5.13 Å². The van der Waals surface area contributed by atoms with Gasteiger partial charge in [-0.1, -0.05) is 35.2 Å². The maximum atomic E-state index is 8.73. The number of rotatable bonds is 7. The van der Waals surface area contributed by atoms with Crippen molar-refractivity contribution in [2.24, 2.45) is 0 Å². The molecule has 2 N–H and O–H groups in total. The third-order valence-electron chi connectivity index (χ3n) is 2.28. The number of anilines is 2. The van der Waals surface area contributed by atoms with Crippen LogP contribution in [0.1, 0.15) is 6.42 Å². The zero-order valence-electron chi connectivity index (χ0n) is 10.5. The van der Waals surface area contributed by atoms with Crippen molar-refractivity contribution in [1.29, 1.82) is 0 Å². The molecule has 2 aromatic rings. The molecule has 5 nitrogen and oxygen atoms in total. The van der Waals surface area contributed by atoms with E-state index >= 15 is 0 Å². The van der Waals surface area contributed by atoms with Gasteiger partial charge >= 0.3 is 0 Å². The van der Waals surface area contributed by atoms with Crippen LogP contribution >= 0.6 is 23.1 Å². The van der Waals surface area contributed by atoms with Crippen molar-refractivity contribution in [2.45, 2.75) is 10.8 Å². The molecule has 0 saturated carbocycles. The average molecular weight is 297 g/mol. The summed E-state index contributed by atoms with van der Waals surface area (Å²) in [6, 6.07) is 7.67. The Hall–Kier alpha value is -1.31. The summed E-state index contributed by atoms with van der Waals surface area (Å²) in [4.78, 5) is 0. The van der Waals surface area contributed by atoms with Gasteiger partial charge < -0.3 is 15.2 Å². The number of methoxy groups -OCH3 is 1. The minimum atomic E-state index is 0.206. The first-order chi connectivity index (χ1) is 9.33. The molecule has 0 radical (unpaired) electrons. The van der Waals surface area contributed by atoms with Crippen LogP contribution in [-0.4, -0.2) is 34.8 Å². The second kappa shape index (κ2) is 7.32. The number of thioether (sulfide) groups is 1. The van der Waals surface area contributed by atoms with Crippen molar-refractivity contribution < 1.29 is 9.84 Å². The number of ether oxygens (including phenoxy) is 1. The number of benzene rings is 1. The lowest BCUT2D eigenvalue weighted by Gasteiger charge is -2.07. The van der Waals surface area contributed by atoms with Crippen LogP contribution in [0.5, 0.6) is 5.75 Å². The highest BCUT2D eigenvalue weighted by atomic mass is 32.2. The molecule has 0 unspecified atom stereocenters. The Kier molecular flexibility index (Phi) is 5.44. The number of hydrogen-bond acceptors (Lipinski definition) is 7. The highest BCUT2D eigenvalue weighted by molar-refractivity contribution is 8.01. The zero-order chi connectivity index (χ0) is 13.5. The van der Waals surface area contributed by atoms with Crippen molar-refractivity contribution in [2.75, 3.05) is 24.8 Å². The fraction of sp³-hybridized carbons (Fsp3) is 0.333. The van der Waals surface area contributed by atoms with E-state index in [4.69, 9.17) is 9.84 Å². The van der Waals surface area contributed by atoms with Gasteiger partial charge in [0.1, 0.15) is 5.75 Å². The summed E-state index contributed by atoms with van der Waals surface area (Å²) in [6.45, 7) is 0.206. The van der Waals surface area contributed by atoms with Crippen LogP contribution < -0.4 is 10.1 Å². The maximum absolute atomic E-state index is 8.73. The van der Waals surface area contributed by atoms with E-state index in [0.717, 1.165) is 33.1 Å². The summed E-state index contributed by atoms with van der Waals surface area (Å²) in [5.74, 6) is 1.62. The standard InChI is InChI=1S/C12H15N3O2S2/c1-17-10-6-3-2-5-9(10)13-11-14-15-12(19-11)18-8-4-7-16/h2-3,5-6,16H,4,7-8H2,1H3,(H,13,14). The third kappa shape index (κ3) is 4.09. The van der Waals surface area contributed by atoms with Gasteiger partial charge in [-0.3, -0.25) is 0 Å². The molecule has 0 aliphatic carbocycles. The molecule has 0 atom stereocenters. The quantitative estimate of drug-likeness (QED) is 0.605. The maximum Gasteiger partial charge on any atom is 0.210 e. The van der Waals surface area contributed by atoms with Crippen LogP contribution in [0.25, 0.3) is 0 Å². The van der Waals surface area contributed by atoms with E-state index in [9.17, 15) is 0 Å². The molecule has 1 heterocycles. The Labute approximate surface area is 120 Å². The molecule has 2 rings (SSSR count). The topological polar surface area (TPSA) is 67.3 Å². The van der Waals surface area contributed by atoms with E-state index in [2.05, 4.69) is 15.5 Å². The van der Waals surface area contributed by atoms with Gasteiger partial charge in [0, 0.05) is 12.4 Å². The smallest absolute Gasteiger partial charge is 0.210 e. The van der Waals surface area contributed by atoms with Crippen molar-refractivity contribution in [3.63, 3.8) is 0 Å². The summed E-state index contributed by atoms with van der Waals surface area (Å²) in [5.41, 5.74) is 0.869. The largest absolute Gasteiger partial charge is 0.495 e. The number of aliphatic hydroxyl groups is 1. The van der Waals surface area contributed by atoms with Crippen molar-refractivity contribution in [1.82, 2.24) is 10.2 Å². The summed E-state index contributed by atoms with van der Waals surface area (Å²) in [6.07, 6.45) is 0.763. The predicted molar refractivity (Wildman–Crippen MR) is 78.6 cm³/mol. The number of aliphatic hydroxyl groups excluding tert-OH is 1. The van der Waals surface area contributed by atoms with Crippen molar-refractivity contribution in [3.8, 4) is 5.75 Å². The van der Waals surface area contributed by atoms with Gasteiger partial charge in [0.15, 0.2) is 4.34 Å². The third-order valence-corrected chi connectivity index (χ3v) is 4.34. The van der Waals surface area contributed by atoms with Crippen LogP contribution in [0.2, 0.25) is 0 Å². The molecule has 0 amide bonds. The van der Waals surface area contributed by atoms with E-state index in [0.29, 0.717) is 0 Å². The van der Waals surface area contributed by atoms with Crippen LogP contribution in [0.15, 0.2) is 28.6 Å². The van der Waals surface area contributed by atoms with E-state index in [1.807, 2.05) is 24.3 Å². The second-order valence-electron chi connectivity index (χ2n) is 3.62. The van der Waals surface area contributed by atoms with E-state index < -0.39 is 0 Å². The van der Waals surface area contributed by atoms with Crippen molar-refractivity contribution >= 4 is 33.9 Å². The van der Waals surface area contributed by atoms with Crippen LogP contribution in [0, 0.1) is 0 Å². The van der Waals surface area contributed by atoms with Gasteiger partial charge in [-0.2, -0.15) is 0 Å². The van der Waals surface area contributed by atoms with Gasteiger partial charge in [0.05, 0.1) is 12.8 Å². The summed E-state index contributed by atoms with van der Waals surface area (Å²) in [7, 11) is 1.64. The monoisotopic (exact) mass is 297 g/mol. The molecule has 1 aromatic heterocycles. The second-order valence-corrected chi connectivity index (χ2v) is 5.94. The van der Waals surface area contributed by atoms with E-state index in [1.54, 1.807) is 18.9 Å². The molecule has 0 aliphatic heterocycles.